The lowest BCUT2D eigenvalue weighted by atomic mass is 10.1. The van der Waals surface area contributed by atoms with Crippen LogP contribution < -0.4 is 0 Å². The Morgan fingerprint density at radius 3 is 3.12 bits per heavy atom. The van der Waals surface area contributed by atoms with Crippen LogP contribution in [-0.2, 0) is 0 Å². The van der Waals surface area contributed by atoms with Gasteiger partial charge >= 0.3 is 0 Å². The number of amides is 1. The van der Waals surface area contributed by atoms with Gasteiger partial charge in [0.05, 0.1) is 0 Å². The molecule has 7 heteroatoms. The Kier molecular flexibility index (Phi) is 2.36. The van der Waals surface area contributed by atoms with Gasteiger partial charge in [0.2, 0.25) is 0 Å². The van der Waals surface area contributed by atoms with Gasteiger partial charge in [0.25, 0.3) is 5.91 Å². The van der Waals surface area contributed by atoms with Crippen molar-refractivity contribution in [1.82, 2.24) is 30.0 Å². The number of carbonyl (C=O) groups excluding carboxylic acids is 1. The summed E-state index contributed by atoms with van der Waals surface area (Å²) in [6.45, 7) is 1.39. The van der Waals surface area contributed by atoms with E-state index in [-0.39, 0.29) is 11.8 Å². The van der Waals surface area contributed by atoms with E-state index in [0.29, 0.717) is 12.4 Å². The van der Waals surface area contributed by atoms with E-state index in [1.165, 1.54) is 6.33 Å². The van der Waals surface area contributed by atoms with E-state index in [2.05, 4.69) is 25.1 Å². The zero-order valence-electron chi connectivity index (χ0n) is 9.13. The summed E-state index contributed by atoms with van der Waals surface area (Å²) in [7, 11) is 0. The molecule has 1 fully saturated rings. The van der Waals surface area contributed by atoms with Crippen LogP contribution in [0.25, 0.3) is 0 Å². The number of hydrogen-bond donors (Lipinski definition) is 2. The van der Waals surface area contributed by atoms with Crippen LogP contribution in [-0.4, -0.2) is 49.0 Å². The average Bonchev–Trinajstić information content (AvgIpc) is 3.09. The lowest BCUT2D eigenvalue weighted by Gasteiger charge is -2.13. The van der Waals surface area contributed by atoms with Crippen LogP contribution in [0.1, 0.15) is 28.8 Å². The molecule has 17 heavy (non-hydrogen) atoms. The quantitative estimate of drug-likeness (QED) is 0.771. The zero-order chi connectivity index (χ0) is 11.7. The standard InChI is InChI=1S/C10H12N6O/c17-10(9-11-2-3-12-9)16-4-1-7(5-16)8-13-6-14-15-8/h2-3,6-7H,1,4-5H2,(H,11,12)(H,13,14,15). The summed E-state index contributed by atoms with van der Waals surface area (Å²) in [4.78, 5) is 24.7. The summed E-state index contributed by atoms with van der Waals surface area (Å²) in [6, 6.07) is 0. The summed E-state index contributed by atoms with van der Waals surface area (Å²) in [5, 5.41) is 6.68. The molecule has 0 aliphatic carbocycles. The van der Waals surface area contributed by atoms with Crippen LogP contribution in [0.4, 0.5) is 0 Å². The van der Waals surface area contributed by atoms with E-state index >= 15 is 0 Å². The van der Waals surface area contributed by atoms with Gasteiger partial charge in [-0.25, -0.2) is 9.97 Å². The molecule has 2 aromatic heterocycles. The van der Waals surface area contributed by atoms with Gasteiger partial charge in [0.1, 0.15) is 12.2 Å². The predicted octanol–water partition coefficient (Wildman–Crippen LogP) is 0.157. The van der Waals surface area contributed by atoms with Gasteiger partial charge in [-0.1, -0.05) is 0 Å². The molecule has 1 aliphatic rings. The number of aromatic amines is 2. The van der Waals surface area contributed by atoms with E-state index in [1.54, 1.807) is 17.3 Å². The highest BCUT2D eigenvalue weighted by Crippen LogP contribution is 2.24. The number of nitrogens with one attached hydrogen (secondary N) is 2. The van der Waals surface area contributed by atoms with Crippen LogP contribution in [0.5, 0.6) is 0 Å². The van der Waals surface area contributed by atoms with Crippen molar-refractivity contribution in [2.45, 2.75) is 12.3 Å². The molecule has 3 rings (SSSR count). The maximum absolute atomic E-state index is 12.0. The fourth-order valence-electron chi connectivity index (χ4n) is 2.11. The molecule has 1 amide bonds. The summed E-state index contributed by atoms with van der Waals surface area (Å²) >= 11 is 0. The third-order valence-corrected chi connectivity index (χ3v) is 3.00. The molecule has 2 N–H and O–H groups in total. The minimum atomic E-state index is -0.0583. The molecule has 1 unspecified atom stereocenters. The maximum Gasteiger partial charge on any atom is 0.289 e. The Hall–Kier alpha value is -2.18. The molecular weight excluding hydrogens is 220 g/mol. The van der Waals surface area contributed by atoms with E-state index in [0.717, 1.165) is 18.8 Å². The molecule has 2 aromatic rings. The lowest BCUT2D eigenvalue weighted by Crippen LogP contribution is -2.29. The van der Waals surface area contributed by atoms with Crippen molar-refractivity contribution in [2.75, 3.05) is 13.1 Å². The molecule has 0 aromatic carbocycles. The molecule has 0 bridgehead atoms. The lowest BCUT2D eigenvalue weighted by molar-refractivity contribution is 0.0779. The molecule has 1 saturated heterocycles. The molecule has 0 spiro atoms. The van der Waals surface area contributed by atoms with Crippen molar-refractivity contribution in [2.24, 2.45) is 0 Å². The molecule has 3 heterocycles. The van der Waals surface area contributed by atoms with Gasteiger partial charge < -0.3 is 9.88 Å². The monoisotopic (exact) mass is 232 g/mol. The van der Waals surface area contributed by atoms with Crippen molar-refractivity contribution >= 4 is 5.91 Å². The van der Waals surface area contributed by atoms with Crippen molar-refractivity contribution in [3.05, 3.63) is 30.4 Å². The maximum atomic E-state index is 12.0. The van der Waals surface area contributed by atoms with Crippen molar-refractivity contribution in [3.8, 4) is 0 Å². The number of imidazole rings is 1. The Balaban J connectivity index is 1.70. The molecule has 7 nitrogen and oxygen atoms in total. The zero-order valence-corrected chi connectivity index (χ0v) is 9.13. The Bertz CT molecular complexity index is 491. The van der Waals surface area contributed by atoms with Crippen molar-refractivity contribution < 1.29 is 4.79 Å². The first-order valence-electron chi connectivity index (χ1n) is 5.48. The number of likely N-dealkylation sites (tertiary alicyclic amines) is 1. The number of rotatable bonds is 2. The fraction of sp³-hybridized carbons (Fsp3) is 0.400. The summed E-state index contributed by atoms with van der Waals surface area (Å²) in [5.41, 5.74) is 0. The van der Waals surface area contributed by atoms with Crippen LogP contribution in [0.3, 0.4) is 0 Å². The molecule has 1 atom stereocenters. The number of nitrogens with zero attached hydrogens (tertiary/aromatic N) is 4. The van der Waals surface area contributed by atoms with Gasteiger partial charge in [0.15, 0.2) is 5.82 Å². The average molecular weight is 232 g/mol. The van der Waals surface area contributed by atoms with Crippen LogP contribution in [0.2, 0.25) is 0 Å². The smallest absolute Gasteiger partial charge is 0.289 e. The molecule has 0 radical (unpaired) electrons. The first-order valence-corrected chi connectivity index (χ1v) is 5.48. The third-order valence-electron chi connectivity index (χ3n) is 3.00. The summed E-state index contributed by atoms with van der Waals surface area (Å²) in [6.07, 6.45) is 5.63. The second kappa shape index (κ2) is 4.00. The van der Waals surface area contributed by atoms with E-state index in [9.17, 15) is 4.79 Å². The minimum absolute atomic E-state index is 0.0583. The van der Waals surface area contributed by atoms with Gasteiger partial charge in [-0.2, -0.15) is 5.10 Å². The van der Waals surface area contributed by atoms with Crippen LogP contribution >= 0.6 is 0 Å². The van der Waals surface area contributed by atoms with Gasteiger partial charge in [0, 0.05) is 31.4 Å². The van der Waals surface area contributed by atoms with E-state index in [4.69, 9.17) is 0 Å². The first-order chi connectivity index (χ1) is 8.34. The molecule has 88 valence electrons. The minimum Gasteiger partial charge on any atom is -0.341 e. The number of aromatic nitrogens is 5. The first kappa shape index (κ1) is 10.0. The Labute approximate surface area is 97.3 Å². The number of H-pyrrole nitrogens is 2. The topological polar surface area (TPSA) is 90.6 Å². The van der Waals surface area contributed by atoms with Crippen LogP contribution in [0.15, 0.2) is 18.7 Å². The Morgan fingerprint density at radius 2 is 2.41 bits per heavy atom. The molecule has 0 saturated carbocycles. The fourth-order valence-corrected chi connectivity index (χ4v) is 2.11. The SMILES string of the molecule is O=C(c1ncc[nH]1)N1CCC(c2ncn[nH]2)C1. The van der Waals surface area contributed by atoms with Gasteiger partial charge in [-0.05, 0) is 6.42 Å². The highest BCUT2D eigenvalue weighted by Gasteiger charge is 2.30. The second-order valence-electron chi connectivity index (χ2n) is 4.05. The molecular formula is C10H12N6O. The number of carbonyl (C=O) groups is 1. The third kappa shape index (κ3) is 1.79. The second-order valence-corrected chi connectivity index (χ2v) is 4.05. The number of hydrogen-bond acceptors (Lipinski definition) is 4. The Morgan fingerprint density at radius 1 is 1.47 bits per heavy atom. The van der Waals surface area contributed by atoms with Crippen molar-refractivity contribution in [3.63, 3.8) is 0 Å². The van der Waals surface area contributed by atoms with E-state index in [1.807, 2.05) is 0 Å². The normalized spacial score (nSPS) is 19.8. The van der Waals surface area contributed by atoms with Gasteiger partial charge in [-0.15, -0.1) is 0 Å². The van der Waals surface area contributed by atoms with E-state index < -0.39 is 0 Å². The van der Waals surface area contributed by atoms with Gasteiger partial charge in [-0.3, -0.25) is 9.89 Å². The largest absolute Gasteiger partial charge is 0.341 e. The highest BCUT2D eigenvalue weighted by atomic mass is 16.2. The summed E-state index contributed by atoms with van der Waals surface area (Å²) < 4.78 is 0. The predicted molar refractivity (Wildman–Crippen MR) is 58.2 cm³/mol. The van der Waals surface area contributed by atoms with Crippen LogP contribution in [0, 0.1) is 0 Å². The summed E-state index contributed by atoms with van der Waals surface area (Å²) in [5.74, 6) is 1.43. The highest BCUT2D eigenvalue weighted by molar-refractivity contribution is 5.90. The van der Waals surface area contributed by atoms with Crippen molar-refractivity contribution in [1.29, 1.82) is 0 Å². The molecule has 1 aliphatic heterocycles.